The van der Waals surface area contributed by atoms with Crippen molar-refractivity contribution in [2.75, 3.05) is 0 Å². The Labute approximate surface area is 81.8 Å². The predicted molar refractivity (Wildman–Crippen MR) is 50.8 cm³/mol. The molecular weight excluding hydrogens is 180 g/mol. The smallest absolute Gasteiger partial charge is 0.336 e. The summed E-state index contributed by atoms with van der Waals surface area (Å²) in [7, 11) is 0. The van der Waals surface area contributed by atoms with E-state index in [1.807, 2.05) is 0 Å². The SMILES string of the molecule is NC(c1cnccc1C(=O)O)C1CC1. The van der Waals surface area contributed by atoms with Gasteiger partial charge >= 0.3 is 5.97 Å². The Morgan fingerprint density at radius 1 is 1.64 bits per heavy atom. The largest absolute Gasteiger partial charge is 0.478 e. The first-order chi connectivity index (χ1) is 6.70. The highest BCUT2D eigenvalue weighted by molar-refractivity contribution is 5.89. The van der Waals surface area contributed by atoms with Gasteiger partial charge in [0, 0.05) is 24.0 Å². The third-order valence-corrected chi connectivity index (χ3v) is 2.57. The number of carboxylic acid groups (broad SMARTS) is 1. The van der Waals surface area contributed by atoms with Gasteiger partial charge in [0.1, 0.15) is 0 Å². The molecule has 14 heavy (non-hydrogen) atoms. The Balaban J connectivity index is 2.34. The second kappa shape index (κ2) is 3.38. The Bertz CT molecular complexity index is 361. The molecule has 4 nitrogen and oxygen atoms in total. The number of nitrogens with zero attached hydrogens (tertiary/aromatic N) is 1. The van der Waals surface area contributed by atoms with Gasteiger partial charge in [-0.15, -0.1) is 0 Å². The first kappa shape index (κ1) is 9.15. The van der Waals surface area contributed by atoms with E-state index in [0.717, 1.165) is 12.8 Å². The molecule has 1 aromatic rings. The fourth-order valence-electron chi connectivity index (χ4n) is 1.58. The zero-order valence-corrected chi connectivity index (χ0v) is 7.68. The second-order valence-corrected chi connectivity index (χ2v) is 3.63. The molecule has 1 unspecified atom stereocenters. The fourth-order valence-corrected chi connectivity index (χ4v) is 1.58. The minimum atomic E-state index is -0.932. The number of pyridine rings is 1. The summed E-state index contributed by atoms with van der Waals surface area (Å²) in [5.74, 6) is -0.490. The Kier molecular flexibility index (Phi) is 2.21. The normalized spacial score (nSPS) is 17.8. The van der Waals surface area contributed by atoms with Crippen LogP contribution in [0.4, 0.5) is 0 Å². The summed E-state index contributed by atoms with van der Waals surface area (Å²) in [4.78, 5) is 14.8. The standard InChI is InChI=1S/C10H12N2O2/c11-9(6-1-2-6)8-5-12-4-3-7(8)10(13)14/h3-6,9H,1-2,11H2,(H,13,14). The maximum atomic E-state index is 10.9. The molecule has 1 aliphatic rings. The van der Waals surface area contributed by atoms with Gasteiger partial charge in [-0.2, -0.15) is 0 Å². The quantitative estimate of drug-likeness (QED) is 0.754. The van der Waals surface area contributed by atoms with E-state index in [2.05, 4.69) is 4.98 Å². The Morgan fingerprint density at radius 2 is 2.36 bits per heavy atom. The van der Waals surface area contributed by atoms with Gasteiger partial charge in [-0.05, 0) is 24.8 Å². The van der Waals surface area contributed by atoms with Gasteiger partial charge in [0.25, 0.3) is 0 Å². The lowest BCUT2D eigenvalue weighted by atomic mass is 10.0. The number of carboxylic acids is 1. The van der Waals surface area contributed by atoms with Crippen LogP contribution < -0.4 is 5.73 Å². The van der Waals surface area contributed by atoms with Crippen LogP contribution >= 0.6 is 0 Å². The summed E-state index contributed by atoms with van der Waals surface area (Å²) in [5, 5.41) is 8.93. The summed E-state index contributed by atoms with van der Waals surface area (Å²) in [6.07, 6.45) is 5.23. The van der Waals surface area contributed by atoms with Gasteiger partial charge < -0.3 is 10.8 Å². The topological polar surface area (TPSA) is 76.2 Å². The molecule has 74 valence electrons. The van der Waals surface area contributed by atoms with Crippen LogP contribution in [-0.2, 0) is 0 Å². The zero-order valence-electron chi connectivity index (χ0n) is 7.68. The van der Waals surface area contributed by atoms with Crippen molar-refractivity contribution in [3.8, 4) is 0 Å². The summed E-state index contributed by atoms with van der Waals surface area (Å²) < 4.78 is 0. The maximum Gasteiger partial charge on any atom is 0.336 e. The molecule has 3 N–H and O–H groups in total. The van der Waals surface area contributed by atoms with Crippen molar-refractivity contribution in [1.82, 2.24) is 4.98 Å². The minimum Gasteiger partial charge on any atom is -0.478 e. The summed E-state index contributed by atoms with van der Waals surface area (Å²) >= 11 is 0. The molecule has 1 fully saturated rings. The number of carbonyl (C=O) groups is 1. The van der Waals surface area contributed by atoms with E-state index in [1.54, 1.807) is 6.20 Å². The van der Waals surface area contributed by atoms with Crippen LogP contribution in [0.5, 0.6) is 0 Å². The number of hydrogen-bond acceptors (Lipinski definition) is 3. The molecule has 1 heterocycles. The molecule has 1 aromatic heterocycles. The molecule has 0 bridgehead atoms. The first-order valence-corrected chi connectivity index (χ1v) is 4.63. The van der Waals surface area contributed by atoms with E-state index in [0.29, 0.717) is 11.5 Å². The summed E-state index contributed by atoms with van der Waals surface area (Å²) in [5.41, 5.74) is 6.87. The van der Waals surface area contributed by atoms with Crippen LogP contribution in [0.2, 0.25) is 0 Å². The van der Waals surface area contributed by atoms with Crippen LogP contribution in [0.1, 0.15) is 34.8 Å². The lowest BCUT2D eigenvalue weighted by Gasteiger charge is -2.12. The van der Waals surface area contributed by atoms with Crippen molar-refractivity contribution >= 4 is 5.97 Å². The molecule has 0 spiro atoms. The van der Waals surface area contributed by atoms with Crippen LogP contribution in [0.25, 0.3) is 0 Å². The highest BCUT2D eigenvalue weighted by Gasteiger charge is 2.31. The van der Waals surface area contributed by atoms with Gasteiger partial charge in [0.05, 0.1) is 5.56 Å². The third-order valence-electron chi connectivity index (χ3n) is 2.57. The van der Waals surface area contributed by atoms with Gasteiger partial charge in [-0.3, -0.25) is 4.98 Å². The minimum absolute atomic E-state index is 0.171. The predicted octanol–water partition coefficient (Wildman–Crippen LogP) is 1.19. The fraction of sp³-hybridized carbons (Fsp3) is 0.400. The molecule has 0 saturated heterocycles. The van der Waals surface area contributed by atoms with Crippen molar-refractivity contribution in [2.45, 2.75) is 18.9 Å². The van der Waals surface area contributed by atoms with E-state index < -0.39 is 5.97 Å². The lowest BCUT2D eigenvalue weighted by molar-refractivity contribution is 0.0695. The van der Waals surface area contributed by atoms with Crippen molar-refractivity contribution in [3.05, 3.63) is 29.6 Å². The molecule has 1 saturated carbocycles. The molecule has 1 aliphatic carbocycles. The molecule has 0 amide bonds. The van der Waals surface area contributed by atoms with E-state index in [1.165, 1.54) is 12.3 Å². The lowest BCUT2D eigenvalue weighted by Crippen LogP contribution is -2.17. The average Bonchev–Trinajstić information content (AvgIpc) is 3.00. The first-order valence-electron chi connectivity index (χ1n) is 4.63. The van der Waals surface area contributed by atoms with E-state index in [9.17, 15) is 4.79 Å². The highest BCUT2D eigenvalue weighted by atomic mass is 16.4. The number of nitrogens with two attached hydrogens (primary N) is 1. The summed E-state index contributed by atoms with van der Waals surface area (Å²) in [6.45, 7) is 0. The number of rotatable bonds is 3. The van der Waals surface area contributed by atoms with E-state index in [4.69, 9.17) is 10.8 Å². The van der Waals surface area contributed by atoms with Crippen LogP contribution in [0.3, 0.4) is 0 Å². The molecule has 0 aromatic carbocycles. The van der Waals surface area contributed by atoms with E-state index >= 15 is 0 Å². The van der Waals surface area contributed by atoms with E-state index in [-0.39, 0.29) is 11.6 Å². The van der Waals surface area contributed by atoms with Crippen molar-refractivity contribution in [2.24, 2.45) is 11.7 Å². The molecule has 1 atom stereocenters. The summed E-state index contributed by atoms with van der Waals surface area (Å²) in [6, 6.07) is 1.33. The average molecular weight is 192 g/mol. The van der Waals surface area contributed by atoms with Gasteiger partial charge in [0.2, 0.25) is 0 Å². The monoisotopic (exact) mass is 192 g/mol. The zero-order chi connectivity index (χ0) is 10.1. The Morgan fingerprint density at radius 3 is 2.93 bits per heavy atom. The van der Waals surface area contributed by atoms with Crippen LogP contribution in [0.15, 0.2) is 18.5 Å². The Hall–Kier alpha value is -1.42. The molecular formula is C10H12N2O2. The third kappa shape index (κ3) is 1.61. The molecule has 2 rings (SSSR count). The van der Waals surface area contributed by atoms with Crippen LogP contribution in [0, 0.1) is 5.92 Å². The molecule has 4 heteroatoms. The molecule has 0 radical (unpaired) electrons. The van der Waals surface area contributed by atoms with Crippen molar-refractivity contribution in [1.29, 1.82) is 0 Å². The van der Waals surface area contributed by atoms with Crippen LogP contribution in [-0.4, -0.2) is 16.1 Å². The van der Waals surface area contributed by atoms with Gasteiger partial charge in [-0.25, -0.2) is 4.79 Å². The number of aromatic carboxylic acids is 1. The number of hydrogen-bond donors (Lipinski definition) is 2. The molecule has 0 aliphatic heterocycles. The maximum absolute atomic E-state index is 10.9. The number of aromatic nitrogens is 1. The van der Waals surface area contributed by atoms with Gasteiger partial charge in [0.15, 0.2) is 0 Å². The second-order valence-electron chi connectivity index (χ2n) is 3.63. The van der Waals surface area contributed by atoms with Gasteiger partial charge in [-0.1, -0.05) is 0 Å². The highest BCUT2D eigenvalue weighted by Crippen LogP contribution is 2.39. The van der Waals surface area contributed by atoms with Crippen molar-refractivity contribution < 1.29 is 9.90 Å². The van der Waals surface area contributed by atoms with Crippen molar-refractivity contribution in [3.63, 3.8) is 0 Å².